The van der Waals surface area contributed by atoms with E-state index in [0.29, 0.717) is 12.2 Å². The van der Waals surface area contributed by atoms with Crippen molar-refractivity contribution in [2.24, 2.45) is 0 Å². The van der Waals surface area contributed by atoms with Crippen LogP contribution in [0.1, 0.15) is 41.5 Å². The van der Waals surface area contributed by atoms with Crippen LogP contribution in [0.25, 0.3) is 0 Å². The molecule has 7 atom stereocenters. The van der Waals surface area contributed by atoms with Gasteiger partial charge in [-0.1, -0.05) is 127 Å². The third kappa shape index (κ3) is 9.38. The summed E-state index contributed by atoms with van der Waals surface area (Å²) in [4.78, 5) is 31.0. The van der Waals surface area contributed by atoms with E-state index in [2.05, 4.69) is 5.92 Å². The number of carbonyl (C=O) groups excluding carboxylic acids is 2. The summed E-state index contributed by atoms with van der Waals surface area (Å²) >= 11 is 0. The third-order valence-corrected chi connectivity index (χ3v) is 12.3. The van der Waals surface area contributed by atoms with Gasteiger partial charge in [0.2, 0.25) is 12.5 Å². The highest BCUT2D eigenvalue weighted by molar-refractivity contribution is 7.54. The second-order valence-corrected chi connectivity index (χ2v) is 16.5. The van der Waals surface area contributed by atoms with Crippen LogP contribution >= 0.6 is 7.60 Å². The molecular formula is C47H47N2O9P. The van der Waals surface area contributed by atoms with E-state index in [1.807, 2.05) is 91.0 Å². The molecule has 7 rings (SSSR count). The molecule has 1 saturated heterocycles. The Kier molecular flexibility index (Phi) is 12.8. The Morgan fingerprint density at radius 2 is 1.39 bits per heavy atom. The number of ether oxygens (including phenoxy) is 2. The van der Waals surface area contributed by atoms with Crippen molar-refractivity contribution in [2.75, 3.05) is 13.0 Å². The van der Waals surface area contributed by atoms with Crippen LogP contribution in [0.4, 0.5) is 4.79 Å². The van der Waals surface area contributed by atoms with Gasteiger partial charge in [-0.2, -0.15) is 0 Å². The lowest BCUT2D eigenvalue weighted by Crippen LogP contribution is -2.52. The van der Waals surface area contributed by atoms with Crippen LogP contribution in [-0.2, 0) is 38.1 Å². The van der Waals surface area contributed by atoms with Gasteiger partial charge in [0.05, 0.1) is 18.2 Å². The van der Waals surface area contributed by atoms with E-state index in [1.54, 1.807) is 71.3 Å². The molecule has 1 heterocycles. The monoisotopic (exact) mass is 814 g/mol. The first-order chi connectivity index (χ1) is 28.6. The normalized spacial score (nSPS) is 22.7. The zero-order valence-electron chi connectivity index (χ0n) is 32.7. The number of benzene rings is 5. The number of urea groups is 1. The van der Waals surface area contributed by atoms with Crippen molar-refractivity contribution in [3.05, 3.63) is 168 Å². The maximum atomic E-state index is 15.1. The highest BCUT2D eigenvalue weighted by Gasteiger charge is 2.68. The summed E-state index contributed by atoms with van der Waals surface area (Å²) in [6.45, 7) is 2.11. The molecule has 12 heteroatoms. The Hall–Kier alpha value is -5.89. The summed E-state index contributed by atoms with van der Waals surface area (Å²) in [6, 6.07) is 43.2. The molecule has 0 radical (unpaired) electrons. The fraction of sp³-hybridized carbons (Fsp3) is 0.277. The number of amides is 2. The van der Waals surface area contributed by atoms with Crippen LogP contribution in [0.2, 0.25) is 0 Å². The number of rotatable bonds is 16. The molecule has 1 saturated carbocycles. The van der Waals surface area contributed by atoms with Gasteiger partial charge in [0.15, 0.2) is 0 Å². The molecule has 5 aromatic rings. The lowest BCUT2D eigenvalue weighted by atomic mass is 9.90. The molecule has 1 spiro atoms. The first-order valence-electron chi connectivity index (χ1n) is 19.6. The summed E-state index contributed by atoms with van der Waals surface area (Å²) in [5.41, 5.74) is 2.48. The van der Waals surface area contributed by atoms with Gasteiger partial charge in [0.25, 0.3) is 0 Å². The summed E-state index contributed by atoms with van der Waals surface area (Å²) in [5, 5.41) is 24.6. The molecule has 2 aliphatic rings. The van der Waals surface area contributed by atoms with E-state index in [1.165, 1.54) is 0 Å². The second-order valence-electron chi connectivity index (χ2n) is 14.7. The van der Waals surface area contributed by atoms with Gasteiger partial charge in [0.1, 0.15) is 23.7 Å². The van der Waals surface area contributed by atoms with Crippen LogP contribution < -0.4 is 9.26 Å². The van der Waals surface area contributed by atoms with Gasteiger partial charge in [-0.15, -0.1) is 6.42 Å². The molecule has 2 N–H and O–H groups in total. The van der Waals surface area contributed by atoms with E-state index in [-0.39, 0.29) is 43.8 Å². The minimum atomic E-state index is -4.21. The standard InChI is InChI=1S/C47H47N2O9P/c1-3-42(45(52)55-4-2)58-59(54,57-39-23-15-8-16-24-39)33-56-38-27-25-34(26-28-38)29-41-43(50)44(51)47(30-40(47)37-21-13-7-14-22-37)49(32-36-19-11-6-12-20-36)46(53)48(41)31-35-17-9-5-10-18-35/h1,5-28,40-44,50-51H,4,29-33H2,2H3/t40?,41-,42+,43+,44-,47?,59?/m1/s1. The number of hydrogen-bond donors (Lipinski definition) is 2. The zero-order chi connectivity index (χ0) is 41.4. The van der Waals surface area contributed by atoms with E-state index in [4.69, 9.17) is 24.9 Å². The minimum absolute atomic E-state index is 0.0448. The van der Waals surface area contributed by atoms with Gasteiger partial charge >= 0.3 is 19.6 Å². The number of nitrogens with zero attached hydrogens (tertiary/aromatic N) is 2. The maximum absolute atomic E-state index is 15.1. The van der Waals surface area contributed by atoms with Crippen molar-refractivity contribution >= 4 is 19.6 Å². The van der Waals surface area contributed by atoms with Crippen LogP contribution in [0.3, 0.4) is 0 Å². The summed E-state index contributed by atoms with van der Waals surface area (Å²) in [5.74, 6) is 1.62. The number of aliphatic hydroxyl groups excluding tert-OH is 2. The lowest BCUT2D eigenvalue weighted by Gasteiger charge is -2.36. The van der Waals surface area contributed by atoms with E-state index >= 15 is 4.79 Å². The number of terminal acetylenes is 1. The van der Waals surface area contributed by atoms with Crippen LogP contribution in [0.15, 0.2) is 146 Å². The molecule has 0 bridgehead atoms. The maximum Gasteiger partial charge on any atom is 0.418 e. The van der Waals surface area contributed by atoms with Gasteiger partial charge in [-0.25, -0.2) is 14.2 Å². The Morgan fingerprint density at radius 1 is 0.814 bits per heavy atom. The topological polar surface area (TPSA) is 135 Å². The van der Waals surface area contributed by atoms with Crippen LogP contribution in [-0.4, -0.2) is 74.9 Å². The van der Waals surface area contributed by atoms with Crippen LogP contribution in [0, 0.1) is 12.3 Å². The van der Waals surface area contributed by atoms with Gasteiger partial charge in [-0.05, 0) is 66.3 Å². The Morgan fingerprint density at radius 3 is 1.98 bits per heavy atom. The van der Waals surface area contributed by atoms with Crippen LogP contribution in [0.5, 0.6) is 11.5 Å². The van der Waals surface area contributed by atoms with E-state index in [9.17, 15) is 19.6 Å². The molecular weight excluding hydrogens is 767 g/mol. The van der Waals surface area contributed by atoms with Crippen molar-refractivity contribution in [3.63, 3.8) is 0 Å². The first-order valence-corrected chi connectivity index (χ1v) is 21.3. The number of hydrogen-bond acceptors (Lipinski definition) is 9. The Balaban J connectivity index is 1.16. The SMILES string of the molecule is C#C[C@H](OP(=O)(COc1ccc(C[C@@H]2[C@H](O)[C@@H](O)C3(CC3c3ccccc3)N(Cc3ccccc3)C(=O)N2Cc2ccccc2)cc1)Oc1ccccc1)C(=O)OCC. The van der Waals surface area contributed by atoms with Crippen molar-refractivity contribution in [2.45, 2.75) is 68.7 Å². The Bertz CT molecular complexity index is 2260. The van der Waals surface area contributed by atoms with Gasteiger partial charge in [0, 0.05) is 19.0 Å². The number of aliphatic hydroxyl groups is 2. The molecule has 3 unspecified atom stereocenters. The fourth-order valence-electron chi connectivity index (χ4n) is 7.84. The molecule has 11 nitrogen and oxygen atoms in total. The average Bonchev–Trinajstić information content (AvgIpc) is 4.03. The summed E-state index contributed by atoms with van der Waals surface area (Å²) < 4.78 is 36.2. The highest BCUT2D eigenvalue weighted by Crippen LogP contribution is 2.60. The average molecular weight is 815 g/mol. The Labute approximate surface area is 344 Å². The van der Waals surface area contributed by atoms with Crippen molar-refractivity contribution in [3.8, 4) is 23.8 Å². The predicted molar refractivity (Wildman–Crippen MR) is 222 cm³/mol. The summed E-state index contributed by atoms with van der Waals surface area (Å²) in [7, 11) is -4.21. The molecule has 2 amide bonds. The van der Waals surface area contributed by atoms with Crippen molar-refractivity contribution in [1.29, 1.82) is 0 Å². The molecule has 0 aromatic heterocycles. The molecule has 1 aliphatic carbocycles. The number of para-hydroxylation sites is 1. The molecule has 1 aliphatic heterocycles. The second kappa shape index (κ2) is 18.4. The summed E-state index contributed by atoms with van der Waals surface area (Å²) in [6.07, 6.45) is 1.46. The lowest BCUT2D eigenvalue weighted by molar-refractivity contribution is -0.148. The van der Waals surface area contributed by atoms with Crippen molar-refractivity contribution < 1.29 is 42.9 Å². The predicted octanol–water partition coefficient (Wildman–Crippen LogP) is 7.57. The third-order valence-electron chi connectivity index (χ3n) is 10.8. The molecule has 2 fully saturated rings. The van der Waals surface area contributed by atoms with Gasteiger partial charge in [-0.3, -0.25) is 4.52 Å². The molecule has 59 heavy (non-hydrogen) atoms. The van der Waals surface area contributed by atoms with E-state index in [0.717, 1.165) is 22.3 Å². The quantitative estimate of drug-likeness (QED) is 0.0588. The largest absolute Gasteiger partial charge is 0.480 e. The van der Waals surface area contributed by atoms with Crippen molar-refractivity contribution in [1.82, 2.24) is 9.80 Å². The van der Waals surface area contributed by atoms with Gasteiger partial charge < -0.3 is 34.0 Å². The number of carbonyl (C=O) groups is 2. The fourth-order valence-corrected chi connectivity index (χ4v) is 9.22. The number of esters is 1. The zero-order valence-corrected chi connectivity index (χ0v) is 33.6. The first kappa shape index (κ1) is 41.3. The highest BCUT2D eigenvalue weighted by atomic mass is 31.2. The molecule has 304 valence electrons. The smallest absolute Gasteiger partial charge is 0.418 e. The van der Waals surface area contributed by atoms with E-state index < -0.39 is 49.8 Å². The minimum Gasteiger partial charge on any atom is -0.480 e. The molecule has 5 aromatic carbocycles.